The highest BCUT2D eigenvalue weighted by Crippen LogP contribution is 2.28. The molecule has 17 heavy (non-hydrogen) atoms. The van der Waals surface area contributed by atoms with Gasteiger partial charge in [0.05, 0.1) is 30.3 Å². The fraction of sp³-hybridized carbons (Fsp3) is 0.273. The van der Waals surface area contributed by atoms with Gasteiger partial charge in [-0.15, -0.1) is 0 Å². The summed E-state index contributed by atoms with van der Waals surface area (Å²) in [5.74, 6) is -1.36. The van der Waals surface area contributed by atoms with Crippen LogP contribution in [0.3, 0.4) is 0 Å². The zero-order valence-corrected chi connectivity index (χ0v) is 10.3. The summed E-state index contributed by atoms with van der Waals surface area (Å²) in [7, 11) is 0. The normalized spacial score (nSPS) is 19.8. The molecule has 2 rings (SSSR count). The Balaban J connectivity index is 2.45. The SMILES string of the molecule is O=C(O)c1cc(Br)ccc1N1CC(O)CC1=O. The second-order valence-corrected chi connectivity index (χ2v) is 4.74. The number of carbonyl (C=O) groups is 2. The number of carboxylic acids is 1. The minimum absolute atomic E-state index is 0.0368. The Labute approximate surface area is 106 Å². The first-order valence-corrected chi connectivity index (χ1v) is 5.79. The third kappa shape index (κ3) is 2.32. The predicted octanol–water partition coefficient (Wildman–Crippen LogP) is 1.24. The second-order valence-electron chi connectivity index (χ2n) is 3.83. The molecule has 1 aliphatic rings. The number of β-amino-alcohol motifs (C(OH)–C–C–N with tert-alkyl or cyclic N) is 1. The summed E-state index contributed by atoms with van der Waals surface area (Å²) in [4.78, 5) is 24.0. The van der Waals surface area contributed by atoms with Crippen molar-refractivity contribution in [2.24, 2.45) is 0 Å². The van der Waals surface area contributed by atoms with Gasteiger partial charge in [-0.3, -0.25) is 4.79 Å². The van der Waals surface area contributed by atoms with Crippen LogP contribution in [-0.4, -0.2) is 34.7 Å². The van der Waals surface area contributed by atoms with E-state index in [1.54, 1.807) is 12.1 Å². The molecule has 1 atom stereocenters. The Kier molecular flexibility index (Phi) is 3.17. The van der Waals surface area contributed by atoms with Gasteiger partial charge in [-0.2, -0.15) is 0 Å². The fourth-order valence-corrected chi connectivity index (χ4v) is 2.20. The van der Waals surface area contributed by atoms with E-state index < -0.39 is 12.1 Å². The number of rotatable bonds is 2. The molecular formula is C11H10BrNO4. The number of amides is 1. The largest absolute Gasteiger partial charge is 0.478 e. The molecule has 1 unspecified atom stereocenters. The van der Waals surface area contributed by atoms with Gasteiger partial charge >= 0.3 is 5.97 Å². The van der Waals surface area contributed by atoms with Crippen molar-refractivity contribution in [3.63, 3.8) is 0 Å². The average molecular weight is 300 g/mol. The topological polar surface area (TPSA) is 77.8 Å². The lowest BCUT2D eigenvalue weighted by molar-refractivity contribution is -0.117. The number of hydrogen-bond donors (Lipinski definition) is 2. The summed E-state index contributed by atoms with van der Waals surface area (Å²) in [6.07, 6.45) is -0.692. The number of carboxylic acid groups (broad SMARTS) is 1. The van der Waals surface area contributed by atoms with Gasteiger partial charge in [0.15, 0.2) is 0 Å². The number of anilines is 1. The second kappa shape index (κ2) is 4.46. The number of carbonyl (C=O) groups excluding carboxylic acids is 1. The van der Waals surface area contributed by atoms with Crippen LogP contribution < -0.4 is 4.90 Å². The molecule has 1 fully saturated rings. The number of benzene rings is 1. The quantitative estimate of drug-likeness (QED) is 0.861. The van der Waals surface area contributed by atoms with Crippen LogP contribution in [0.15, 0.2) is 22.7 Å². The van der Waals surface area contributed by atoms with Crippen LogP contribution in [-0.2, 0) is 4.79 Å². The number of halogens is 1. The molecular weight excluding hydrogens is 290 g/mol. The zero-order chi connectivity index (χ0) is 12.6. The van der Waals surface area contributed by atoms with E-state index in [0.29, 0.717) is 10.2 Å². The fourth-order valence-electron chi connectivity index (χ4n) is 1.84. The van der Waals surface area contributed by atoms with Crippen LogP contribution in [0.5, 0.6) is 0 Å². The Hall–Kier alpha value is -1.40. The Morgan fingerprint density at radius 3 is 2.71 bits per heavy atom. The van der Waals surface area contributed by atoms with Crippen LogP contribution in [0.1, 0.15) is 16.8 Å². The molecule has 0 bridgehead atoms. The van der Waals surface area contributed by atoms with Crippen molar-refractivity contribution in [3.8, 4) is 0 Å². The van der Waals surface area contributed by atoms with Crippen molar-refractivity contribution in [2.75, 3.05) is 11.4 Å². The van der Waals surface area contributed by atoms with Crippen LogP contribution in [0, 0.1) is 0 Å². The highest BCUT2D eigenvalue weighted by molar-refractivity contribution is 9.10. The average Bonchev–Trinajstić information content (AvgIpc) is 2.57. The lowest BCUT2D eigenvalue weighted by atomic mass is 10.1. The molecule has 0 aliphatic carbocycles. The number of nitrogens with zero attached hydrogens (tertiary/aromatic N) is 1. The van der Waals surface area contributed by atoms with E-state index in [0.717, 1.165) is 0 Å². The monoisotopic (exact) mass is 299 g/mol. The summed E-state index contributed by atoms with van der Waals surface area (Å²) >= 11 is 3.18. The zero-order valence-electron chi connectivity index (χ0n) is 8.76. The summed E-state index contributed by atoms with van der Waals surface area (Å²) in [5.41, 5.74) is 0.365. The van der Waals surface area contributed by atoms with Gasteiger partial charge in [0.25, 0.3) is 0 Å². The van der Waals surface area contributed by atoms with E-state index in [9.17, 15) is 14.7 Å². The van der Waals surface area contributed by atoms with Crippen molar-refractivity contribution < 1.29 is 19.8 Å². The number of aliphatic hydroxyl groups is 1. The highest BCUT2D eigenvalue weighted by Gasteiger charge is 2.31. The first-order chi connectivity index (χ1) is 7.99. The van der Waals surface area contributed by atoms with Gasteiger partial charge in [0, 0.05) is 4.47 Å². The molecule has 0 radical (unpaired) electrons. The summed E-state index contributed by atoms with van der Waals surface area (Å²) in [5, 5.41) is 18.5. The van der Waals surface area contributed by atoms with Crippen molar-refractivity contribution in [2.45, 2.75) is 12.5 Å². The van der Waals surface area contributed by atoms with Gasteiger partial charge in [0.2, 0.25) is 5.91 Å². The third-order valence-corrected chi connectivity index (χ3v) is 3.08. The van der Waals surface area contributed by atoms with Crippen LogP contribution in [0.25, 0.3) is 0 Å². The third-order valence-electron chi connectivity index (χ3n) is 2.58. The van der Waals surface area contributed by atoms with E-state index in [1.807, 2.05) is 0 Å². The first-order valence-electron chi connectivity index (χ1n) is 5.00. The smallest absolute Gasteiger partial charge is 0.337 e. The lowest BCUT2D eigenvalue weighted by Gasteiger charge is -2.18. The van der Waals surface area contributed by atoms with Crippen LogP contribution in [0.4, 0.5) is 5.69 Å². The van der Waals surface area contributed by atoms with Gasteiger partial charge in [-0.25, -0.2) is 4.79 Å². The highest BCUT2D eigenvalue weighted by atomic mass is 79.9. The predicted molar refractivity (Wildman–Crippen MR) is 64.1 cm³/mol. The molecule has 1 amide bonds. The molecule has 0 spiro atoms. The molecule has 6 heteroatoms. The number of aromatic carboxylic acids is 1. The Morgan fingerprint density at radius 1 is 1.47 bits per heavy atom. The number of hydrogen-bond acceptors (Lipinski definition) is 3. The summed E-state index contributed by atoms with van der Waals surface area (Å²) in [6, 6.07) is 4.67. The summed E-state index contributed by atoms with van der Waals surface area (Å²) in [6.45, 7) is 0.140. The van der Waals surface area contributed by atoms with Gasteiger partial charge in [-0.1, -0.05) is 15.9 Å². The first kappa shape index (κ1) is 12.1. The maximum atomic E-state index is 11.6. The summed E-state index contributed by atoms with van der Waals surface area (Å²) < 4.78 is 0.630. The Morgan fingerprint density at radius 2 is 2.18 bits per heavy atom. The molecule has 1 aromatic carbocycles. The van der Waals surface area contributed by atoms with E-state index in [-0.39, 0.29) is 24.4 Å². The molecule has 0 aromatic heterocycles. The molecule has 5 nitrogen and oxygen atoms in total. The standard InChI is InChI=1S/C11H10BrNO4/c12-6-1-2-9(8(3-6)11(16)17)13-5-7(14)4-10(13)15/h1-3,7,14H,4-5H2,(H,16,17). The van der Waals surface area contributed by atoms with Gasteiger partial charge in [-0.05, 0) is 18.2 Å². The molecule has 1 aromatic rings. The molecule has 2 N–H and O–H groups in total. The van der Waals surface area contributed by atoms with E-state index in [4.69, 9.17) is 5.11 Å². The molecule has 1 heterocycles. The molecule has 1 saturated heterocycles. The van der Waals surface area contributed by atoms with Crippen LogP contribution in [0.2, 0.25) is 0 Å². The minimum Gasteiger partial charge on any atom is -0.478 e. The van der Waals surface area contributed by atoms with Gasteiger partial charge in [0.1, 0.15) is 0 Å². The van der Waals surface area contributed by atoms with Crippen molar-refractivity contribution in [1.82, 2.24) is 0 Å². The van der Waals surface area contributed by atoms with E-state index in [2.05, 4.69) is 15.9 Å². The van der Waals surface area contributed by atoms with Crippen LogP contribution >= 0.6 is 15.9 Å². The van der Waals surface area contributed by atoms with Crippen molar-refractivity contribution in [1.29, 1.82) is 0 Å². The maximum absolute atomic E-state index is 11.6. The van der Waals surface area contributed by atoms with E-state index >= 15 is 0 Å². The van der Waals surface area contributed by atoms with Gasteiger partial charge < -0.3 is 15.1 Å². The molecule has 0 saturated carbocycles. The lowest BCUT2D eigenvalue weighted by Crippen LogP contribution is -2.27. The molecule has 1 aliphatic heterocycles. The van der Waals surface area contributed by atoms with Crippen molar-refractivity contribution >= 4 is 33.5 Å². The minimum atomic E-state index is -1.10. The molecule has 90 valence electrons. The van der Waals surface area contributed by atoms with E-state index in [1.165, 1.54) is 11.0 Å². The maximum Gasteiger partial charge on any atom is 0.337 e. The Bertz CT molecular complexity index is 488. The number of aliphatic hydroxyl groups excluding tert-OH is 1. The van der Waals surface area contributed by atoms with Crippen molar-refractivity contribution in [3.05, 3.63) is 28.2 Å².